The van der Waals surface area contributed by atoms with E-state index < -0.39 is 17.3 Å². The normalized spacial score (nSPS) is 16.8. The van der Waals surface area contributed by atoms with Crippen LogP contribution < -0.4 is 20.3 Å². The summed E-state index contributed by atoms with van der Waals surface area (Å²) in [6.07, 6.45) is 8.19. The van der Waals surface area contributed by atoms with E-state index in [1.165, 1.54) is 55.0 Å². The summed E-state index contributed by atoms with van der Waals surface area (Å²) in [6.45, 7) is 2.41. The first-order chi connectivity index (χ1) is 21.3. The minimum Gasteiger partial charge on any atom is -0.493 e. The number of hydrogen-bond donors (Lipinski definition) is 1. The molecule has 1 atom stereocenters. The average molecular weight is 593 g/mol. The van der Waals surface area contributed by atoms with Crippen molar-refractivity contribution in [2.75, 3.05) is 11.9 Å². The Kier molecular flexibility index (Phi) is 6.95. The Labute approximate surface area is 254 Å². The van der Waals surface area contributed by atoms with Gasteiger partial charge >= 0.3 is 0 Å². The van der Waals surface area contributed by atoms with Crippen LogP contribution in [-0.2, 0) is 7.05 Å². The fourth-order valence-corrected chi connectivity index (χ4v) is 6.40. The van der Waals surface area contributed by atoms with Crippen molar-refractivity contribution >= 4 is 22.5 Å². The molecular formula is C35H33FN4O4. The van der Waals surface area contributed by atoms with Gasteiger partial charge in [-0.05, 0) is 92.8 Å². The molecule has 0 saturated heterocycles. The molecule has 2 aromatic heterocycles. The molecule has 8 nitrogen and oxygen atoms in total. The van der Waals surface area contributed by atoms with Crippen molar-refractivity contribution in [1.29, 1.82) is 0 Å². The quantitative estimate of drug-likeness (QED) is 0.206. The summed E-state index contributed by atoms with van der Waals surface area (Å²) in [7, 11) is 1.71. The highest BCUT2D eigenvalue weighted by atomic mass is 19.1. The standard InChI is InChI=1S/C35H33FN4O4/c1-22-32(34(42)40(39(22)2)25-6-4-3-5-7-25)33(41)38-24-8-11-31(28(36)18-24)44-30-13-17-37-29-19-26(9-10-27(29)30)43-21-23-12-14-35(20-23)15-16-35/h3-11,13,17-19,23H,12,14-16,20-21H2,1-2H3,(H,38,41)/t23-/m1/s1. The van der Waals surface area contributed by atoms with E-state index in [9.17, 15) is 9.59 Å². The van der Waals surface area contributed by atoms with Crippen LogP contribution in [0.3, 0.4) is 0 Å². The number of para-hydroxylation sites is 1. The molecule has 5 aromatic rings. The Morgan fingerprint density at radius 2 is 1.86 bits per heavy atom. The molecular weight excluding hydrogens is 559 g/mol. The fourth-order valence-electron chi connectivity index (χ4n) is 6.40. The van der Waals surface area contributed by atoms with Crippen molar-refractivity contribution in [3.05, 3.63) is 106 Å². The molecule has 0 radical (unpaired) electrons. The molecule has 2 aliphatic carbocycles. The summed E-state index contributed by atoms with van der Waals surface area (Å²) in [4.78, 5) is 30.8. The molecule has 1 amide bonds. The topological polar surface area (TPSA) is 87.4 Å². The lowest BCUT2D eigenvalue weighted by molar-refractivity contribution is 0.102. The third-order valence-electron chi connectivity index (χ3n) is 9.11. The number of aromatic nitrogens is 3. The maximum atomic E-state index is 15.2. The zero-order chi connectivity index (χ0) is 30.4. The smallest absolute Gasteiger partial charge is 0.284 e. The number of halogens is 1. The molecule has 0 aliphatic heterocycles. The number of carbonyl (C=O) groups excluding carboxylic acids is 1. The Morgan fingerprint density at radius 3 is 2.61 bits per heavy atom. The van der Waals surface area contributed by atoms with Gasteiger partial charge in [0.1, 0.15) is 17.1 Å². The molecule has 44 heavy (non-hydrogen) atoms. The van der Waals surface area contributed by atoms with Gasteiger partial charge in [0.05, 0.1) is 23.5 Å². The van der Waals surface area contributed by atoms with Crippen LogP contribution in [0, 0.1) is 24.1 Å². The Bertz CT molecular complexity index is 1940. The van der Waals surface area contributed by atoms with E-state index in [1.807, 2.05) is 36.4 Å². The zero-order valence-electron chi connectivity index (χ0n) is 24.7. The third kappa shape index (κ3) is 5.23. The van der Waals surface area contributed by atoms with Gasteiger partial charge in [-0.3, -0.25) is 19.3 Å². The maximum Gasteiger partial charge on any atom is 0.284 e. The minimum absolute atomic E-state index is 0.00612. The summed E-state index contributed by atoms with van der Waals surface area (Å²) < 4.78 is 30.4. The van der Waals surface area contributed by atoms with Gasteiger partial charge in [-0.25, -0.2) is 9.07 Å². The van der Waals surface area contributed by atoms with Gasteiger partial charge in [-0.2, -0.15) is 0 Å². The first kappa shape index (κ1) is 27.9. The van der Waals surface area contributed by atoms with Crippen LogP contribution in [0.4, 0.5) is 10.1 Å². The molecule has 2 heterocycles. The maximum absolute atomic E-state index is 15.2. The summed E-state index contributed by atoms with van der Waals surface area (Å²) in [5.41, 5.74) is 2.16. The Morgan fingerprint density at radius 1 is 1.05 bits per heavy atom. The van der Waals surface area contributed by atoms with Crippen LogP contribution in [0.1, 0.15) is 48.2 Å². The van der Waals surface area contributed by atoms with Gasteiger partial charge < -0.3 is 14.8 Å². The minimum atomic E-state index is -0.663. The van der Waals surface area contributed by atoms with Crippen molar-refractivity contribution in [2.24, 2.45) is 18.4 Å². The summed E-state index contributed by atoms with van der Waals surface area (Å²) in [5.74, 6) is 0.525. The lowest BCUT2D eigenvalue weighted by atomic mass is 10.0. The molecule has 2 aliphatic rings. The van der Waals surface area contributed by atoms with Gasteiger partial charge in [-0.1, -0.05) is 18.2 Å². The van der Waals surface area contributed by atoms with Gasteiger partial charge in [0.15, 0.2) is 11.6 Å². The number of hydrogen-bond acceptors (Lipinski definition) is 5. The molecule has 0 unspecified atom stereocenters. The van der Waals surface area contributed by atoms with E-state index in [1.54, 1.807) is 43.0 Å². The summed E-state index contributed by atoms with van der Waals surface area (Å²) in [5, 5.41) is 3.38. The monoisotopic (exact) mass is 592 g/mol. The van der Waals surface area contributed by atoms with E-state index >= 15 is 4.39 Å². The molecule has 2 saturated carbocycles. The van der Waals surface area contributed by atoms with Crippen molar-refractivity contribution < 1.29 is 18.7 Å². The van der Waals surface area contributed by atoms with Crippen LogP contribution in [0.15, 0.2) is 83.8 Å². The second-order valence-corrected chi connectivity index (χ2v) is 12.0. The Hall–Kier alpha value is -4.92. The van der Waals surface area contributed by atoms with E-state index in [0.717, 1.165) is 11.1 Å². The van der Waals surface area contributed by atoms with Crippen LogP contribution in [0.5, 0.6) is 17.2 Å². The lowest BCUT2D eigenvalue weighted by Gasteiger charge is -2.14. The zero-order valence-corrected chi connectivity index (χ0v) is 24.7. The molecule has 3 aromatic carbocycles. The number of ether oxygens (including phenoxy) is 2. The third-order valence-corrected chi connectivity index (χ3v) is 9.11. The molecule has 7 rings (SSSR count). The predicted octanol–water partition coefficient (Wildman–Crippen LogP) is 7.18. The van der Waals surface area contributed by atoms with Gasteiger partial charge in [0.2, 0.25) is 0 Å². The molecule has 1 N–H and O–H groups in total. The van der Waals surface area contributed by atoms with Crippen molar-refractivity contribution in [3.8, 4) is 22.9 Å². The average Bonchev–Trinajstić information content (AvgIpc) is 3.59. The first-order valence-electron chi connectivity index (χ1n) is 14.9. The Balaban J connectivity index is 1.05. The summed E-state index contributed by atoms with van der Waals surface area (Å²) in [6, 6.07) is 20.5. The molecule has 224 valence electrons. The number of nitrogens with one attached hydrogen (secondary N) is 1. The van der Waals surface area contributed by atoms with Crippen molar-refractivity contribution in [3.63, 3.8) is 0 Å². The van der Waals surface area contributed by atoms with Crippen LogP contribution in [0.25, 0.3) is 16.6 Å². The highest BCUT2D eigenvalue weighted by molar-refractivity contribution is 6.05. The van der Waals surface area contributed by atoms with Gasteiger partial charge in [-0.15, -0.1) is 0 Å². The molecule has 2 fully saturated rings. The largest absolute Gasteiger partial charge is 0.493 e. The lowest BCUT2D eigenvalue weighted by Crippen LogP contribution is -2.25. The number of fused-ring (bicyclic) bond motifs is 1. The number of amides is 1. The number of rotatable bonds is 8. The fraction of sp³-hybridized carbons (Fsp3) is 0.286. The van der Waals surface area contributed by atoms with Crippen LogP contribution in [-0.4, -0.2) is 26.9 Å². The number of nitrogens with zero attached hydrogens (tertiary/aromatic N) is 3. The number of carbonyl (C=O) groups is 1. The SMILES string of the molecule is Cc1c(C(=O)Nc2ccc(Oc3ccnc4cc(OC[C@@H]5CCC6(CC6)C5)ccc34)c(F)c2)c(=O)n(-c2ccccc2)n1C. The first-order valence-corrected chi connectivity index (χ1v) is 14.9. The van der Waals surface area contributed by atoms with E-state index in [0.29, 0.717) is 40.6 Å². The molecule has 0 bridgehead atoms. The van der Waals surface area contributed by atoms with Crippen molar-refractivity contribution in [2.45, 2.75) is 39.0 Å². The van der Waals surface area contributed by atoms with E-state index in [2.05, 4.69) is 10.3 Å². The van der Waals surface area contributed by atoms with E-state index in [4.69, 9.17) is 9.47 Å². The number of benzene rings is 3. The molecule has 1 spiro atoms. The van der Waals surface area contributed by atoms with Crippen LogP contribution in [0.2, 0.25) is 0 Å². The van der Waals surface area contributed by atoms with Crippen molar-refractivity contribution in [1.82, 2.24) is 14.3 Å². The van der Waals surface area contributed by atoms with E-state index in [-0.39, 0.29) is 17.0 Å². The van der Waals surface area contributed by atoms with Crippen LogP contribution >= 0.6 is 0 Å². The highest BCUT2D eigenvalue weighted by Gasteiger charge is 2.48. The number of anilines is 1. The van der Waals surface area contributed by atoms with Gasteiger partial charge in [0.25, 0.3) is 11.5 Å². The molecule has 9 heteroatoms. The predicted molar refractivity (Wildman–Crippen MR) is 166 cm³/mol. The second kappa shape index (κ2) is 11.0. The second-order valence-electron chi connectivity index (χ2n) is 12.0. The summed E-state index contributed by atoms with van der Waals surface area (Å²) >= 11 is 0. The highest BCUT2D eigenvalue weighted by Crippen LogP contribution is 2.59. The number of pyridine rings is 1. The van der Waals surface area contributed by atoms with Gasteiger partial charge in [0, 0.05) is 36.5 Å².